The van der Waals surface area contributed by atoms with E-state index in [2.05, 4.69) is 11.8 Å². The number of methoxy groups -OCH3 is 2. The maximum absolute atomic E-state index is 6.62. The Hall–Kier alpha value is -1.26. The van der Waals surface area contributed by atoms with Gasteiger partial charge in [0, 0.05) is 11.6 Å². The molecule has 0 fully saturated rings. The maximum atomic E-state index is 6.62. The molecule has 0 bridgehead atoms. The van der Waals surface area contributed by atoms with E-state index in [4.69, 9.17) is 15.2 Å². The second kappa shape index (κ2) is 6.26. The van der Waals surface area contributed by atoms with E-state index in [1.165, 1.54) is 0 Å². The van der Waals surface area contributed by atoms with Gasteiger partial charge in [0.2, 0.25) is 0 Å². The first-order valence-corrected chi connectivity index (χ1v) is 6.56. The highest BCUT2D eigenvalue weighted by Gasteiger charge is 2.35. The van der Waals surface area contributed by atoms with Gasteiger partial charge in [0.25, 0.3) is 0 Å². The van der Waals surface area contributed by atoms with Gasteiger partial charge in [-0.05, 0) is 45.6 Å². The summed E-state index contributed by atoms with van der Waals surface area (Å²) in [4.78, 5) is 2.15. The van der Waals surface area contributed by atoms with Crippen LogP contribution >= 0.6 is 0 Å². The molecule has 2 N–H and O–H groups in total. The standard InChI is InChI=1S/C15H26N2O2/c1-7-14(17(3)4)15(2,16)12-10-11(18-5)8-9-13(12)19-6/h8-10,14H,7,16H2,1-6H3. The Kier molecular flexibility index (Phi) is 5.20. The zero-order valence-electron chi connectivity index (χ0n) is 12.9. The van der Waals surface area contributed by atoms with Crippen molar-refractivity contribution in [2.75, 3.05) is 28.3 Å². The molecule has 0 aliphatic heterocycles. The molecule has 0 aliphatic carbocycles. The molecule has 0 radical (unpaired) electrons. The van der Waals surface area contributed by atoms with Crippen LogP contribution in [0.3, 0.4) is 0 Å². The average molecular weight is 266 g/mol. The third-order valence-electron chi connectivity index (χ3n) is 3.69. The lowest BCUT2D eigenvalue weighted by Crippen LogP contribution is -2.51. The monoisotopic (exact) mass is 266 g/mol. The topological polar surface area (TPSA) is 47.7 Å². The van der Waals surface area contributed by atoms with E-state index in [1.54, 1.807) is 14.2 Å². The number of hydrogen-bond donors (Lipinski definition) is 1. The second-order valence-corrected chi connectivity index (χ2v) is 5.24. The van der Waals surface area contributed by atoms with E-state index < -0.39 is 5.54 Å². The molecule has 19 heavy (non-hydrogen) atoms. The highest BCUT2D eigenvalue weighted by atomic mass is 16.5. The summed E-state index contributed by atoms with van der Waals surface area (Å²) in [6.07, 6.45) is 0.959. The summed E-state index contributed by atoms with van der Waals surface area (Å²) in [6.45, 7) is 4.18. The van der Waals surface area contributed by atoms with Crippen molar-refractivity contribution in [2.45, 2.75) is 31.8 Å². The van der Waals surface area contributed by atoms with E-state index in [9.17, 15) is 0 Å². The summed E-state index contributed by atoms with van der Waals surface area (Å²) in [6, 6.07) is 5.97. The van der Waals surface area contributed by atoms with Gasteiger partial charge in [-0.25, -0.2) is 0 Å². The molecule has 0 aliphatic rings. The predicted octanol–water partition coefficient (Wildman–Crippen LogP) is 2.22. The normalized spacial score (nSPS) is 16.0. The quantitative estimate of drug-likeness (QED) is 0.857. The number of nitrogens with zero attached hydrogens (tertiary/aromatic N) is 1. The Labute approximate surface area is 116 Å². The molecule has 0 saturated heterocycles. The number of likely N-dealkylation sites (N-methyl/N-ethyl adjacent to an activating group) is 1. The van der Waals surface area contributed by atoms with Crippen LogP contribution in [0.15, 0.2) is 18.2 Å². The molecule has 0 aromatic heterocycles. The van der Waals surface area contributed by atoms with E-state index in [0.29, 0.717) is 0 Å². The molecule has 2 unspecified atom stereocenters. The SMILES string of the molecule is CCC(N(C)C)C(C)(N)c1cc(OC)ccc1OC. The first-order valence-electron chi connectivity index (χ1n) is 6.56. The molecule has 4 nitrogen and oxygen atoms in total. The summed E-state index contributed by atoms with van der Waals surface area (Å²) >= 11 is 0. The fourth-order valence-electron chi connectivity index (χ4n) is 2.74. The fourth-order valence-corrected chi connectivity index (χ4v) is 2.74. The molecular weight excluding hydrogens is 240 g/mol. The zero-order valence-corrected chi connectivity index (χ0v) is 12.9. The Morgan fingerprint density at radius 3 is 2.32 bits per heavy atom. The van der Waals surface area contributed by atoms with Crippen molar-refractivity contribution in [3.05, 3.63) is 23.8 Å². The van der Waals surface area contributed by atoms with Gasteiger partial charge in [-0.15, -0.1) is 0 Å². The van der Waals surface area contributed by atoms with Crippen LogP contribution < -0.4 is 15.2 Å². The number of ether oxygens (including phenoxy) is 2. The van der Waals surface area contributed by atoms with Gasteiger partial charge in [-0.2, -0.15) is 0 Å². The van der Waals surface area contributed by atoms with Crippen molar-refractivity contribution in [1.82, 2.24) is 4.90 Å². The van der Waals surface area contributed by atoms with Crippen molar-refractivity contribution < 1.29 is 9.47 Å². The van der Waals surface area contributed by atoms with E-state index in [1.807, 2.05) is 39.2 Å². The number of nitrogens with two attached hydrogens (primary N) is 1. The smallest absolute Gasteiger partial charge is 0.124 e. The van der Waals surface area contributed by atoms with E-state index in [0.717, 1.165) is 23.5 Å². The third kappa shape index (κ3) is 3.19. The molecule has 1 aromatic carbocycles. The fraction of sp³-hybridized carbons (Fsp3) is 0.600. The van der Waals surface area contributed by atoms with Crippen LogP contribution in [0.5, 0.6) is 11.5 Å². The van der Waals surface area contributed by atoms with Crippen LogP contribution in [0.4, 0.5) is 0 Å². The summed E-state index contributed by atoms with van der Waals surface area (Å²) in [5, 5.41) is 0. The van der Waals surface area contributed by atoms with Crippen LogP contribution in [0.2, 0.25) is 0 Å². The molecule has 0 heterocycles. The van der Waals surface area contributed by atoms with Gasteiger partial charge < -0.3 is 20.1 Å². The molecule has 0 spiro atoms. The first-order chi connectivity index (χ1) is 8.88. The van der Waals surface area contributed by atoms with Crippen molar-refractivity contribution in [3.8, 4) is 11.5 Å². The largest absolute Gasteiger partial charge is 0.497 e. The van der Waals surface area contributed by atoms with Gasteiger partial charge in [-0.3, -0.25) is 0 Å². The van der Waals surface area contributed by atoms with Crippen molar-refractivity contribution in [2.24, 2.45) is 5.73 Å². The minimum Gasteiger partial charge on any atom is -0.497 e. The zero-order chi connectivity index (χ0) is 14.6. The lowest BCUT2D eigenvalue weighted by molar-refractivity contribution is 0.180. The first kappa shape index (κ1) is 15.8. The summed E-state index contributed by atoms with van der Waals surface area (Å²) in [5.41, 5.74) is 7.07. The van der Waals surface area contributed by atoms with Crippen LogP contribution in [0.1, 0.15) is 25.8 Å². The molecule has 0 amide bonds. The van der Waals surface area contributed by atoms with Crippen LogP contribution in [-0.4, -0.2) is 39.3 Å². The molecule has 108 valence electrons. The molecule has 4 heteroatoms. The molecule has 1 aromatic rings. The third-order valence-corrected chi connectivity index (χ3v) is 3.69. The minimum absolute atomic E-state index is 0.216. The van der Waals surface area contributed by atoms with Crippen molar-refractivity contribution >= 4 is 0 Å². The molecule has 1 rings (SSSR count). The molecular formula is C15H26N2O2. The number of rotatable bonds is 6. The van der Waals surface area contributed by atoms with E-state index >= 15 is 0 Å². The Balaban J connectivity index is 3.31. The highest BCUT2D eigenvalue weighted by Crippen LogP contribution is 2.35. The van der Waals surface area contributed by atoms with Gasteiger partial charge in [0.1, 0.15) is 11.5 Å². The number of hydrogen-bond acceptors (Lipinski definition) is 4. The predicted molar refractivity (Wildman–Crippen MR) is 78.9 cm³/mol. The van der Waals surface area contributed by atoms with Gasteiger partial charge in [0.15, 0.2) is 0 Å². The van der Waals surface area contributed by atoms with Crippen LogP contribution in [-0.2, 0) is 5.54 Å². The summed E-state index contributed by atoms with van der Waals surface area (Å²) < 4.78 is 10.8. The van der Waals surface area contributed by atoms with Gasteiger partial charge in [0.05, 0.1) is 19.8 Å². The Morgan fingerprint density at radius 1 is 1.26 bits per heavy atom. The van der Waals surface area contributed by atoms with E-state index in [-0.39, 0.29) is 6.04 Å². The van der Waals surface area contributed by atoms with Crippen LogP contribution in [0, 0.1) is 0 Å². The Morgan fingerprint density at radius 2 is 1.89 bits per heavy atom. The molecule has 0 saturated carbocycles. The Bertz CT molecular complexity index is 417. The van der Waals surface area contributed by atoms with Crippen LogP contribution in [0.25, 0.3) is 0 Å². The maximum Gasteiger partial charge on any atom is 0.124 e. The minimum atomic E-state index is -0.516. The highest BCUT2D eigenvalue weighted by molar-refractivity contribution is 5.45. The lowest BCUT2D eigenvalue weighted by Gasteiger charge is -2.39. The summed E-state index contributed by atoms with van der Waals surface area (Å²) in [7, 11) is 7.42. The van der Waals surface area contributed by atoms with Gasteiger partial charge in [-0.1, -0.05) is 6.92 Å². The lowest BCUT2D eigenvalue weighted by atomic mass is 9.82. The van der Waals surface area contributed by atoms with Crippen molar-refractivity contribution in [1.29, 1.82) is 0 Å². The van der Waals surface area contributed by atoms with Crippen molar-refractivity contribution in [3.63, 3.8) is 0 Å². The molecule has 2 atom stereocenters. The number of benzene rings is 1. The second-order valence-electron chi connectivity index (χ2n) is 5.24. The summed E-state index contributed by atoms with van der Waals surface area (Å²) in [5.74, 6) is 1.59. The average Bonchev–Trinajstić information content (AvgIpc) is 2.37. The van der Waals surface area contributed by atoms with Gasteiger partial charge >= 0.3 is 0 Å².